The maximum Gasteiger partial charge on any atom is 0.319 e. The van der Waals surface area contributed by atoms with E-state index in [1.54, 1.807) is 23.9 Å². The number of benzene rings is 1. The molecule has 1 aliphatic rings. The number of hydrogen-bond donors (Lipinski definition) is 1. The Balaban J connectivity index is 1.66. The molecule has 0 radical (unpaired) electrons. The highest BCUT2D eigenvalue weighted by molar-refractivity contribution is 7.14. The Morgan fingerprint density at radius 1 is 1.30 bits per heavy atom. The molecule has 27 heavy (non-hydrogen) atoms. The predicted molar refractivity (Wildman–Crippen MR) is 109 cm³/mol. The first-order chi connectivity index (χ1) is 12.8. The molecule has 144 valence electrons. The Kier molecular flexibility index (Phi) is 5.79. The van der Waals surface area contributed by atoms with Crippen LogP contribution in [0.5, 0.6) is 0 Å². The van der Waals surface area contributed by atoms with Crippen LogP contribution < -0.4 is 5.32 Å². The van der Waals surface area contributed by atoms with Crippen LogP contribution in [-0.2, 0) is 4.79 Å². The third kappa shape index (κ3) is 4.47. The first kappa shape index (κ1) is 19.4. The van der Waals surface area contributed by atoms with Crippen molar-refractivity contribution in [2.24, 2.45) is 5.92 Å². The van der Waals surface area contributed by atoms with Gasteiger partial charge in [-0.05, 0) is 32.3 Å². The van der Waals surface area contributed by atoms with Crippen molar-refractivity contribution in [3.05, 3.63) is 34.7 Å². The standard InChI is InChI=1S/C20H26N4O2S/c1-13-7-8-16(14(2)10-13)17-12-27-19(21-17)22-18(25)15-6-5-9-24(11-15)20(26)23(3)4/h7-8,10,12,15H,5-6,9,11H2,1-4H3,(H,21,22,25)/t15-/m0/s1. The zero-order chi connectivity index (χ0) is 19.6. The molecule has 6 nitrogen and oxygen atoms in total. The molecular formula is C20H26N4O2S. The predicted octanol–water partition coefficient (Wildman–Crippen LogP) is 3.76. The SMILES string of the molecule is Cc1ccc(-c2csc(NC(=O)[C@H]3CCCN(C(=O)N(C)C)C3)n2)c(C)c1. The van der Waals surface area contributed by atoms with Gasteiger partial charge in [0, 0.05) is 38.1 Å². The highest BCUT2D eigenvalue weighted by Crippen LogP contribution is 2.28. The zero-order valence-corrected chi connectivity index (χ0v) is 17.1. The van der Waals surface area contributed by atoms with Gasteiger partial charge in [0.15, 0.2) is 5.13 Å². The lowest BCUT2D eigenvalue weighted by Gasteiger charge is -2.33. The molecule has 1 atom stereocenters. The van der Waals surface area contributed by atoms with Gasteiger partial charge >= 0.3 is 6.03 Å². The molecule has 1 aromatic heterocycles. The molecule has 2 heterocycles. The summed E-state index contributed by atoms with van der Waals surface area (Å²) < 4.78 is 0. The summed E-state index contributed by atoms with van der Waals surface area (Å²) in [6.07, 6.45) is 1.63. The van der Waals surface area contributed by atoms with Gasteiger partial charge in [-0.1, -0.05) is 23.8 Å². The van der Waals surface area contributed by atoms with E-state index in [1.165, 1.54) is 22.5 Å². The average molecular weight is 387 g/mol. The van der Waals surface area contributed by atoms with Crippen LogP contribution in [-0.4, -0.2) is 53.9 Å². The smallest absolute Gasteiger partial charge is 0.319 e. The van der Waals surface area contributed by atoms with Crippen molar-refractivity contribution in [3.63, 3.8) is 0 Å². The van der Waals surface area contributed by atoms with Gasteiger partial charge in [-0.3, -0.25) is 4.79 Å². The van der Waals surface area contributed by atoms with Gasteiger partial charge in [-0.25, -0.2) is 9.78 Å². The van der Waals surface area contributed by atoms with Crippen LogP contribution in [0.2, 0.25) is 0 Å². The number of urea groups is 1. The maximum atomic E-state index is 12.7. The Labute approximate surface area is 164 Å². The quantitative estimate of drug-likeness (QED) is 0.873. The molecule has 0 aliphatic carbocycles. The van der Waals surface area contributed by atoms with Crippen LogP contribution in [0.3, 0.4) is 0 Å². The van der Waals surface area contributed by atoms with Crippen molar-refractivity contribution in [2.75, 3.05) is 32.5 Å². The normalized spacial score (nSPS) is 16.9. The molecular weight excluding hydrogens is 360 g/mol. The van der Waals surface area contributed by atoms with Gasteiger partial charge in [-0.2, -0.15) is 0 Å². The molecule has 7 heteroatoms. The van der Waals surface area contributed by atoms with Crippen molar-refractivity contribution in [1.82, 2.24) is 14.8 Å². The van der Waals surface area contributed by atoms with Gasteiger partial charge in [0.25, 0.3) is 0 Å². The second kappa shape index (κ2) is 8.08. The molecule has 0 bridgehead atoms. The van der Waals surface area contributed by atoms with Crippen LogP contribution in [0.4, 0.5) is 9.93 Å². The zero-order valence-electron chi connectivity index (χ0n) is 16.3. The number of aryl methyl sites for hydroxylation is 2. The van der Waals surface area contributed by atoms with Gasteiger partial charge in [-0.15, -0.1) is 11.3 Å². The Morgan fingerprint density at radius 2 is 2.07 bits per heavy atom. The molecule has 0 spiro atoms. The summed E-state index contributed by atoms with van der Waals surface area (Å²) in [6.45, 7) is 5.29. The average Bonchev–Trinajstić information content (AvgIpc) is 3.09. The van der Waals surface area contributed by atoms with Gasteiger partial charge in [0.1, 0.15) is 0 Å². The van der Waals surface area contributed by atoms with Crippen molar-refractivity contribution in [3.8, 4) is 11.3 Å². The van der Waals surface area contributed by atoms with E-state index in [0.29, 0.717) is 18.2 Å². The number of piperidine rings is 1. The number of amides is 3. The Hall–Kier alpha value is -2.41. The van der Waals surface area contributed by atoms with E-state index in [2.05, 4.69) is 42.3 Å². The minimum Gasteiger partial charge on any atom is -0.331 e. The summed E-state index contributed by atoms with van der Waals surface area (Å²) >= 11 is 1.43. The van der Waals surface area contributed by atoms with Crippen molar-refractivity contribution < 1.29 is 9.59 Å². The number of aromatic nitrogens is 1. The van der Waals surface area contributed by atoms with E-state index >= 15 is 0 Å². The lowest BCUT2D eigenvalue weighted by atomic mass is 9.97. The molecule has 1 aliphatic heterocycles. The maximum absolute atomic E-state index is 12.7. The molecule has 0 saturated carbocycles. The lowest BCUT2D eigenvalue weighted by molar-refractivity contribution is -0.121. The van der Waals surface area contributed by atoms with Crippen LogP contribution in [0, 0.1) is 19.8 Å². The number of carbonyl (C=O) groups excluding carboxylic acids is 2. The highest BCUT2D eigenvalue weighted by atomic mass is 32.1. The van der Waals surface area contributed by atoms with E-state index in [0.717, 1.165) is 24.1 Å². The lowest BCUT2D eigenvalue weighted by Crippen LogP contribution is -2.47. The first-order valence-electron chi connectivity index (χ1n) is 9.15. The highest BCUT2D eigenvalue weighted by Gasteiger charge is 2.29. The second-order valence-electron chi connectivity index (χ2n) is 7.31. The van der Waals surface area contributed by atoms with E-state index in [9.17, 15) is 9.59 Å². The summed E-state index contributed by atoms with van der Waals surface area (Å²) in [5.74, 6) is -0.260. The van der Waals surface area contributed by atoms with Gasteiger partial charge in [0.05, 0.1) is 11.6 Å². The molecule has 1 aromatic carbocycles. The van der Waals surface area contributed by atoms with Gasteiger partial charge in [0.2, 0.25) is 5.91 Å². The number of anilines is 1. The largest absolute Gasteiger partial charge is 0.331 e. The molecule has 3 rings (SSSR count). The van der Waals surface area contributed by atoms with Crippen LogP contribution in [0.1, 0.15) is 24.0 Å². The number of likely N-dealkylation sites (tertiary alicyclic amines) is 1. The molecule has 0 unspecified atom stereocenters. The van der Waals surface area contributed by atoms with Crippen molar-refractivity contribution in [1.29, 1.82) is 0 Å². The minimum absolute atomic E-state index is 0.0427. The van der Waals surface area contributed by atoms with Crippen molar-refractivity contribution >= 4 is 28.4 Å². The number of rotatable bonds is 3. The molecule has 1 N–H and O–H groups in total. The number of thiazole rings is 1. The molecule has 1 saturated heterocycles. The number of carbonyl (C=O) groups is 2. The third-order valence-electron chi connectivity index (χ3n) is 4.84. The van der Waals surface area contributed by atoms with Crippen LogP contribution in [0.15, 0.2) is 23.6 Å². The number of nitrogens with one attached hydrogen (secondary N) is 1. The number of nitrogens with zero attached hydrogens (tertiary/aromatic N) is 3. The third-order valence-corrected chi connectivity index (χ3v) is 5.60. The summed E-state index contributed by atoms with van der Waals surface area (Å²) in [4.78, 5) is 32.7. The fourth-order valence-corrected chi connectivity index (χ4v) is 4.12. The van der Waals surface area contributed by atoms with E-state index in [4.69, 9.17) is 0 Å². The monoisotopic (exact) mass is 386 g/mol. The minimum atomic E-state index is -0.198. The summed E-state index contributed by atoms with van der Waals surface area (Å²) in [5, 5.41) is 5.51. The second-order valence-corrected chi connectivity index (χ2v) is 8.17. The topological polar surface area (TPSA) is 65.5 Å². The first-order valence-corrected chi connectivity index (χ1v) is 10.0. The number of hydrogen-bond acceptors (Lipinski definition) is 4. The molecule has 2 aromatic rings. The fourth-order valence-electron chi connectivity index (χ4n) is 3.41. The van der Waals surface area contributed by atoms with E-state index < -0.39 is 0 Å². The molecule has 1 fully saturated rings. The van der Waals surface area contributed by atoms with Crippen molar-refractivity contribution in [2.45, 2.75) is 26.7 Å². The van der Waals surface area contributed by atoms with E-state index in [1.807, 2.05) is 5.38 Å². The Bertz CT molecular complexity index is 846. The van der Waals surface area contributed by atoms with Gasteiger partial charge < -0.3 is 15.1 Å². The summed E-state index contributed by atoms with van der Waals surface area (Å²) in [7, 11) is 3.46. The Morgan fingerprint density at radius 3 is 2.78 bits per heavy atom. The fraction of sp³-hybridized carbons (Fsp3) is 0.450. The van der Waals surface area contributed by atoms with E-state index in [-0.39, 0.29) is 17.9 Å². The van der Waals surface area contributed by atoms with Crippen LogP contribution in [0.25, 0.3) is 11.3 Å². The summed E-state index contributed by atoms with van der Waals surface area (Å²) in [5.41, 5.74) is 4.34. The van der Waals surface area contributed by atoms with Crippen LogP contribution >= 0.6 is 11.3 Å². The summed E-state index contributed by atoms with van der Waals surface area (Å²) in [6, 6.07) is 6.22. The molecule has 3 amide bonds.